The fourth-order valence-electron chi connectivity index (χ4n) is 2.38. The molecule has 0 amide bonds. The van der Waals surface area contributed by atoms with Gasteiger partial charge in [-0.1, -0.05) is 13.3 Å². The van der Waals surface area contributed by atoms with Crippen LogP contribution in [0.2, 0.25) is 0 Å². The Morgan fingerprint density at radius 1 is 1.42 bits per heavy atom. The molecule has 0 spiro atoms. The number of halogens is 1. The highest BCUT2D eigenvalue weighted by atomic mass is 32.2. The summed E-state index contributed by atoms with van der Waals surface area (Å²) in [7, 11) is -3.84. The van der Waals surface area contributed by atoms with Crippen molar-refractivity contribution in [3.63, 3.8) is 0 Å². The Labute approximate surface area is 113 Å². The van der Waals surface area contributed by atoms with Gasteiger partial charge in [-0.25, -0.2) is 17.5 Å². The number of hydrogen-bond acceptors (Lipinski definition) is 3. The quantitative estimate of drug-likeness (QED) is 0.816. The maximum atomic E-state index is 13.6. The summed E-state index contributed by atoms with van der Waals surface area (Å²) in [6, 6.07) is 3.56. The van der Waals surface area contributed by atoms with Gasteiger partial charge in [0.1, 0.15) is 10.7 Å². The molecule has 1 aromatic rings. The number of nitrogens with two attached hydrogens (primary N) is 1. The number of nitrogen functional groups attached to an aromatic ring is 1. The van der Waals surface area contributed by atoms with E-state index in [-0.39, 0.29) is 16.0 Å². The van der Waals surface area contributed by atoms with E-state index < -0.39 is 15.8 Å². The first-order valence-corrected chi connectivity index (χ1v) is 7.92. The Morgan fingerprint density at radius 2 is 2.11 bits per heavy atom. The topological polar surface area (TPSA) is 72.2 Å². The van der Waals surface area contributed by atoms with Gasteiger partial charge in [0, 0.05) is 12.2 Å². The second-order valence-corrected chi connectivity index (χ2v) is 6.96. The Morgan fingerprint density at radius 3 is 2.63 bits per heavy atom. The van der Waals surface area contributed by atoms with Crippen molar-refractivity contribution in [1.82, 2.24) is 4.72 Å². The zero-order valence-electron chi connectivity index (χ0n) is 10.9. The Bertz CT molecular complexity index is 562. The van der Waals surface area contributed by atoms with Crippen molar-refractivity contribution in [3.05, 3.63) is 24.0 Å². The van der Waals surface area contributed by atoms with E-state index in [1.165, 1.54) is 6.07 Å². The average molecular weight is 286 g/mol. The van der Waals surface area contributed by atoms with Crippen LogP contribution in [0.4, 0.5) is 10.1 Å². The molecule has 0 aliphatic heterocycles. The largest absolute Gasteiger partial charge is 0.399 e. The minimum absolute atomic E-state index is 0.0455. The molecule has 4 nitrogen and oxygen atoms in total. The molecule has 6 heteroatoms. The van der Waals surface area contributed by atoms with E-state index in [9.17, 15) is 12.8 Å². The van der Waals surface area contributed by atoms with Crippen molar-refractivity contribution in [3.8, 4) is 0 Å². The molecule has 0 atom stereocenters. The van der Waals surface area contributed by atoms with Crippen LogP contribution in [0.15, 0.2) is 23.1 Å². The molecule has 0 bridgehead atoms. The molecular formula is C13H19FN2O2S. The highest BCUT2D eigenvalue weighted by molar-refractivity contribution is 7.89. The fourth-order valence-corrected chi connectivity index (χ4v) is 3.65. The first-order valence-electron chi connectivity index (χ1n) is 6.43. The normalized spacial score (nSPS) is 18.0. The minimum Gasteiger partial charge on any atom is -0.399 e. The van der Waals surface area contributed by atoms with Crippen LogP contribution < -0.4 is 10.5 Å². The van der Waals surface area contributed by atoms with Gasteiger partial charge in [-0.3, -0.25) is 0 Å². The number of hydrogen-bond donors (Lipinski definition) is 2. The third-order valence-electron chi connectivity index (χ3n) is 4.05. The summed E-state index contributed by atoms with van der Waals surface area (Å²) in [5.41, 5.74) is 5.79. The predicted molar refractivity (Wildman–Crippen MR) is 72.6 cm³/mol. The Hall–Kier alpha value is -1.14. The monoisotopic (exact) mass is 286 g/mol. The molecule has 1 aromatic carbocycles. The summed E-state index contributed by atoms with van der Waals surface area (Å²) in [5, 5.41) is 0. The van der Waals surface area contributed by atoms with Crippen LogP contribution in [0.5, 0.6) is 0 Å². The number of anilines is 1. The van der Waals surface area contributed by atoms with E-state index in [1.54, 1.807) is 0 Å². The first kappa shape index (κ1) is 14.3. The van der Waals surface area contributed by atoms with Crippen molar-refractivity contribution in [1.29, 1.82) is 0 Å². The summed E-state index contributed by atoms with van der Waals surface area (Å²) in [6.45, 7) is 2.41. The molecule has 0 radical (unpaired) electrons. The van der Waals surface area contributed by atoms with E-state index >= 15 is 0 Å². The van der Waals surface area contributed by atoms with Crippen molar-refractivity contribution in [2.24, 2.45) is 5.41 Å². The lowest BCUT2D eigenvalue weighted by Gasteiger charge is -2.41. The molecule has 1 fully saturated rings. The number of sulfonamides is 1. The van der Waals surface area contributed by atoms with E-state index in [0.717, 1.165) is 37.8 Å². The van der Waals surface area contributed by atoms with E-state index in [0.29, 0.717) is 6.54 Å². The van der Waals surface area contributed by atoms with E-state index in [2.05, 4.69) is 11.6 Å². The summed E-state index contributed by atoms with van der Waals surface area (Å²) in [4.78, 5) is -0.377. The van der Waals surface area contributed by atoms with Crippen molar-refractivity contribution >= 4 is 15.7 Å². The smallest absolute Gasteiger partial charge is 0.243 e. The van der Waals surface area contributed by atoms with Crippen molar-refractivity contribution in [2.75, 3.05) is 12.3 Å². The molecule has 0 unspecified atom stereocenters. The Kier molecular flexibility index (Phi) is 3.82. The van der Waals surface area contributed by atoms with Gasteiger partial charge in [-0.05, 0) is 42.9 Å². The zero-order valence-corrected chi connectivity index (χ0v) is 11.8. The molecule has 1 aliphatic carbocycles. The van der Waals surface area contributed by atoms with Gasteiger partial charge in [-0.2, -0.15) is 0 Å². The van der Waals surface area contributed by atoms with Crippen molar-refractivity contribution < 1.29 is 12.8 Å². The summed E-state index contributed by atoms with van der Waals surface area (Å²) >= 11 is 0. The van der Waals surface area contributed by atoms with Gasteiger partial charge in [0.15, 0.2) is 0 Å². The summed E-state index contributed by atoms with van der Waals surface area (Å²) in [5.74, 6) is -0.777. The Balaban J connectivity index is 2.16. The number of nitrogens with one attached hydrogen (secondary N) is 1. The third-order valence-corrected chi connectivity index (χ3v) is 5.46. The van der Waals surface area contributed by atoms with Crippen LogP contribution in [-0.2, 0) is 10.0 Å². The first-order chi connectivity index (χ1) is 8.88. The van der Waals surface area contributed by atoms with Gasteiger partial charge < -0.3 is 5.73 Å². The van der Waals surface area contributed by atoms with Crippen LogP contribution >= 0.6 is 0 Å². The van der Waals surface area contributed by atoms with Crippen LogP contribution in [0.3, 0.4) is 0 Å². The van der Waals surface area contributed by atoms with E-state index in [1.807, 2.05) is 0 Å². The molecule has 0 aromatic heterocycles. The lowest BCUT2D eigenvalue weighted by molar-refractivity contribution is 0.133. The average Bonchev–Trinajstić information content (AvgIpc) is 2.31. The van der Waals surface area contributed by atoms with Gasteiger partial charge in [0.05, 0.1) is 0 Å². The molecule has 19 heavy (non-hydrogen) atoms. The van der Waals surface area contributed by atoms with Gasteiger partial charge in [-0.15, -0.1) is 0 Å². The van der Waals surface area contributed by atoms with Gasteiger partial charge in [0.2, 0.25) is 10.0 Å². The number of rotatable bonds is 5. The fraction of sp³-hybridized carbons (Fsp3) is 0.538. The van der Waals surface area contributed by atoms with Crippen LogP contribution in [0.1, 0.15) is 32.6 Å². The summed E-state index contributed by atoms with van der Waals surface area (Å²) in [6.07, 6.45) is 4.09. The number of benzene rings is 1. The predicted octanol–water partition coefficient (Wildman–Crippen LogP) is 2.27. The second-order valence-electron chi connectivity index (χ2n) is 5.22. The highest BCUT2D eigenvalue weighted by Gasteiger charge is 2.36. The maximum Gasteiger partial charge on any atom is 0.243 e. The standard InChI is InChI=1S/C13H19FN2O2S/c1-2-13(6-3-7-13)9-16-19(17,18)12-8-10(15)4-5-11(12)14/h4-5,8,16H,2-3,6-7,9,15H2,1H3. The molecule has 2 rings (SSSR count). The van der Waals surface area contributed by atoms with Gasteiger partial charge >= 0.3 is 0 Å². The molecule has 1 aliphatic rings. The zero-order chi connectivity index (χ0) is 14.1. The molecule has 106 valence electrons. The maximum absolute atomic E-state index is 13.6. The molecule has 1 saturated carbocycles. The third kappa shape index (κ3) is 2.90. The molecular weight excluding hydrogens is 267 g/mol. The van der Waals surface area contributed by atoms with Crippen LogP contribution in [0.25, 0.3) is 0 Å². The lowest BCUT2D eigenvalue weighted by Crippen LogP contribution is -2.41. The highest BCUT2D eigenvalue weighted by Crippen LogP contribution is 2.43. The SMILES string of the molecule is CCC1(CNS(=O)(=O)c2cc(N)ccc2F)CCC1. The van der Waals surface area contributed by atoms with Crippen LogP contribution in [-0.4, -0.2) is 15.0 Å². The lowest BCUT2D eigenvalue weighted by atomic mass is 9.67. The molecule has 0 heterocycles. The minimum atomic E-state index is -3.84. The van der Waals surface area contributed by atoms with Crippen LogP contribution in [0, 0.1) is 11.2 Å². The molecule has 3 N–H and O–H groups in total. The molecule has 0 saturated heterocycles. The second kappa shape index (κ2) is 5.09. The summed E-state index contributed by atoms with van der Waals surface area (Å²) < 4.78 is 40.3. The van der Waals surface area contributed by atoms with Gasteiger partial charge in [0.25, 0.3) is 0 Å². The van der Waals surface area contributed by atoms with Crippen molar-refractivity contribution in [2.45, 2.75) is 37.5 Å². The van der Waals surface area contributed by atoms with E-state index in [4.69, 9.17) is 5.73 Å².